The molecule has 2 aromatic heterocycles. The number of aromatic amines is 2. The van der Waals surface area contributed by atoms with Crippen LogP contribution in [0.15, 0.2) is 11.1 Å². The number of nitrogens with one attached hydrogen (secondary N) is 3. The Hall–Kier alpha value is -1.94. The van der Waals surface area contributed by atoms with Crippen LogP contribution in [0, 0.1) is 0 Å². The van der Waals surface area contributed by atoms with Crippen molar-refractivity contribution in [2.75, 3.05) is 4.72 Å². The van der Waals surface area contributed by atoms with Crippen LogP contribution < -0.4 is 10.3 Å². The van der Waals surface area contributed by atoms with Crippen LogP contribution in [0.2, 0.25) is 0 Å². The van der Waals surface area contributed by atoms with E-state index in [-0.39, 0.29) is 11.2 Å². The summed E-state index contributed by atoms with van der Waals surface area (Å²) in [7, 11) is -4.47. The molecule has 0 saturated carbocycles. The van der Waals surface area contributed by atoms with Gasteiger partial charge in [0.15, 0.2) is 11.2 Å². The van der Waals surface area contributed by atoms with Crippen LogP contribution in [0.3, 0.4) is 0 Å². The van der Waals surface area contributed by atoms with E-state index in [1.54, 1.807) is 4.72 Å². The molecule has 2 aromatic rings. The van der Waals surface area contributed by atoms with Gasteiger partial charge in [0.05, 0.1) is 6.33 Å². The first kappa shape index (κ1) is 9.61. The second kappa shape index (κ2) is 3.03. The topological polar surface area (TPSA) is 141 Å². The van der Waals surface area contributed by atoms with Crippen molar-refractivity contribution in [1.82, 2.24) is 19.9 Å². The van der Waals surface area contributed by atoms with Gasteiger partial charge in [0.1, 0.15) is 0 Å². The highest BCUT2D eigenvalue weighted by atomic mass is 32.2. The lowest BCUT2D eigenvalue weighted by Crippen LogP contribution is -2.17. The van der Waals surface area contributed by atoms with Crippen molar-refractivity contribution in [3.8, 4) is 0 Å². The molecule has 10 heteroatoms. The van der Waals surface area contributed by atoms with Crippen molar-refractivity contribution in [1.29, 1.82) is 0 Å². The summed E-state index contributed by atoms with van der Waals surface area (Å²) in [5.41, 5.74) is -0.426. The van der Waals surface area contributed by atoms with Crippen LogP contribution in [0.4, 0.5) is 5.95 Å². The molecule has 15 heavy (non-hydrogen) atoms. The van der Waals surface area contributed by atoms with E-state index in [0.29, 0.717) is 0 Å². The number of nitrogens with zero attached hydrogens (tertiary/aromatic N) is 2. The van der Waals surface area contributed by atoms with Crippen LogP contribution in [-0.4, -0.2) is 32.9 Å². The number of imidazole rings is 1. The van der Waals surface area contributed by atoms with Crippen molar-refractivity contribution in [2.45, 2.75) is 0 Å². The third-order valence-corrected chi connectivity index (χ3v) is 1.97. The molecule has 0 bridgehead atoms. The van der Waals surface area contributed by atoms with Gasteiger partial charge in [-0.2, -0.15) is 13.4 Å². The summed E-state index contributed by atoms with van der Waals surface area (Å²) < 4.78 is 30.9. The SMILES string of the molecule is O=c1[nH]c(NS(=O)(=O)O)nc2nc[nH]c12. The number of H-pyrrole nitrogens is 2. The highest BCUT2D eigenvalue weighted by Crippen LogP contribution is 2.03. The van der Waals surface area contributed by atoms with Crippen LogP contribution in [0.25, 0.3) is 11.2 Å². The zero-order chi connectivity index (χ0) is 11.1. The number of fused-ring (bicyclic) bond motifs is 1. The summed E-state index contributed by atoms with van der Waals surface area (Å²) in [6.07, 6.45) is 1.24. The molecule has 0 unspecified atom stereocenters. The predicted octanol–water partition coefficient (Wildman–Crippen LogP) is -1.14. The molecule has 0 aliphatic rings. The number of rotatable bonds is 2. The molecule has 0 fully saturated rings. The van der Waals surface area contributed by atoms with E-state index in [1.807, 2.05) is 0 Å². The van der Waals surface area contributed by atoms with Gasteiger partial charge < -0.3 is 4.98 Å². The summed E-state index contributed by atoms with van der Waals surface area (Å²) in [4.78, 5) is 23.2. The van der Waals surface area contributed by atoms with E-state index in [4.69, 9.17) is 4.55 Å². The van der Waals surface area contributed by atoms with Gasteiger partial charge in [-0.1, -0.05) is 0 Å². The Morgan fingerprint density at radius 2 is 2.20 bits per heavy atom. The average Bonchev–Trinajstić information content (AvgIpc) is 2.48. The average molecular weight is 231 g/mol. The first-order chi connectivity index (χ1) is 6.96. The van der Waals surface area contributed by atoms with Crippen molar-refractivity contribution in [3.05, 3.63) is 16.7 Å². The molecule has 0 atom stereocenters. The highest BCUT2D eigenvalue weighted by molar-refractivity contribution is 7.87. The Kier molecular flexibility index (Phi) is 1.94. The fourth-order valence-corrected chi connectivity index (χ4v) is 1.35. The molecule has 0 saturated heterocycles. The van der Waals surface area contributed by atoms with Crippen molar-refractivity contribution in [2.24, 2.45) is 0 Å². The molecule has 2 rings (SSSR count). The molecule has 0 spiro atoms. The molecule has 0 aromatic carbocycles. The van der Waals surface area contributed by atoms with Crippen molar-refractivity contribution in [3.63, 3.8) is 0 Å². The first-order valence-corrected chi connectivity index (χ1v) is 5.08. The first-order valence-electron chi connectivity index (χ1n) is 3.64. The third kappa shape index (κ3) is 1.94. The quantitative estimate of drug-likeness (QED) is 0.481. The van der Waals surface area contributed by atoms with E-state index in [9.17, 15) is 13.2 Å². The molecular weight excluding hydrogens is 226 g/mol. The summed E-state index contributed by atoms with van der Waals surface area (Å²) in [6.45, 7) is 0. The van der Waals surface area contributed by atoms with Gasteiger partial charge >= 0.3 is 10.3 Å². The lowest BCUT2D eigenvalue weighted by atomic mass is 10.5. The van der Waals surface area contributed by atoms with Gasteiger partial charge in [-0.25, -0.2) is 9.71 Å². The van der Waals surface area contributed by atoms with E-state index >= 15 is 0 Å². The molecule has 9 nitrogen and oxygen atoms in total. The predicted molar refractivity (Wildman–Crippen MR) is 49.7 cm³/mol. The standard InChI is InChI=1S/C5H5N5O4S/c11-4-2-3(7-1-6-2)8-5(9-4)10-15(12,13)14/h1H,(H,12,13,14)(H3,6,7,8,9,10,11). The van der Waals surface area contributed by atoms with Crippen molar-refractivity contribution < 1.29 is 13.0 Å². The van der Waals surface area contributed by atoms with Crippen molar-refractivity contribution >= 4 is 27.4 Å². The maximum absolute atomic E-state index is 11.3. The molecule has 0 amide bonds. The summed E-state index contributed by atoms with van der Waals surface area (Å²) >= 11 is 0. The summed E-state index contributed by atoms with van der Waals surface area (Å²) in [5, 5.41) is 0. The fraction of sp³-hybridized carbons (Fsp3) is 0. The van der Waals surface area contributed by atoms with Gasteiger partial charge in [-0.05, 0) is 0 Å². The number of anilines is 1. The van der Waals surface area contributed by atoms with Crippen LogP contribution in [0.1, 0.15) is 0 Å². The van der Waals surface area contributed by atoms with Gasteiger partial charge in [-0.15, -0.1) is 0 Å². The molecule has 0 radical (unpaired) electrons. The van der Waals surface area contributed by atoms with Gasteiger partial charge in [-0.3, -0.25) is 14.3 Å². The minimum absolute atomic E-state index is 0.0462. The zero-order valence-corrected chi connectivity index (χ0v) is 7.87. The van der Waals surface area contributed by atoms with Gasteiger partial charge in [0, 0.05) is 0 Å². The Bertz CT molecular complexity index is 655. The van der Waals surface area contributed by atoms with E-state index in [1.165, 1.54) is 6.33 Å². The number of aromatic nitrogens is 4. The van der Waals surface area contributed by atoms with Crippen LogP contribution >= 0.6 is 0 Å². The Labute approximate surface area is 82.5 Å². The highest BCUT2D eigenvalue weighted by Gasteiger charge is 2.09. The van der Waals surface area contributed by atoms with E-state index < -0.39 is 21.8 Å². The largest absolute Gasteiger partial charge is 0.359 e. The number of hydrogen-bond acceptors (Lipinski definition) is 5. The molecule has 4 N–H and O–H groups in total. The minimum atomic E-state index is -4.47. The summed E-state index contributed by atoms with van der Waals surface area (Å²) in [6, 6.07) is 0. The lowest BCUT2D eigenvalue weighted by molar-refractivity contribution is 0.489. The Balaban J connectivity index is 2.59. The Morgan fingerprint density at radius 3 is 2.87 bits per heavy atom. The number of hydrogen-bond donors (Lipinski definition) is 4. The Morgan fingerprint density at radius 1 is 1.47 bits per heavy atom. The molecular formula is C5H5N5O4S. The maximum atomic E-state index is 11.3. The molecule has 2 heterocycles. The monoisotopic (exact) mass is 231 g/mol. The second-order valence-electron chi connectivity index (χ2n) is 2.59. The summed E-state index contributed by atoms with van der Waals surface area (Å²) in [5.74, 6) is -0.401. The third-order valence-electron chi connectivity index (χ3n) is 1.52. The van der Waals surface area contributed by atoms with Crippen LogP contribution in [-0.2, 0) is 10.3 Å². The molecule has 0 aliphatic carbocycles. The smallest absolute Gasteiger partial charge is 0.339 e. The van der Waals surface area contributed by atoms with E-state index in [2.05, 4.69) is 19.9 Å². The molecule has 0 aliphatic heterocycles. The van der Waals surface area contributed by atoms with Crippen LogP contribution in [0.5, 0.6) is 0 Å². The normalized spacial score (nSPS) is 11.8. The van der Waals surface area contributed by atoms with E-state index in [0.717, 1.165) is 0 Å². The second-order valence-corrected chi connectivity index (χ2v) is 3.75. The molecule has 80 valence electrons. The van der Waals surface area contributed by atoms with Gasteiger partial charge in [0.2, 0.25) is 5.95 Å². The minimum Gasteiger partial charge on any atom is -0.339 e. The fourth-order valence-electron chi connectivity index (χ4n) is 1.01. The maximum Gasteiger partial charge on any atom is 0.359 e. The van der Waals surface area contributed by atoms with Gasteiger partial charge in [0.25, 0.3) is 5.56 Å². The zero-order valence-electron chi connectivity index (χ0n) is 7.05. The lowest BCUT2D eigenvalue weighted by Gasteiger charge is -1.99.